The Bertz CT molecular complexity index is 457. The van der Waals surface area contributed by atoms with Crippen LogP contribution in [0.3, 0.4) is 0 Å². The van der Waals surface area contributed by atoms with Gasteiger partial charge in [-0.15, -0.1) is 0 Å². The van der Waals surface area contributed by atoms with Crippen LogP contribution in [0.4, 0.5) is 4.39 Å². The standard InChI is InChI=1S/C11H7BrFN/c12-11-7-3-6-10(14-11)8-4-1-2-5-9(8)13/h1-7H. The Kier molecular flexibility index (Phi) is 2.59. The molecule has 0 saturated carbocycles. The van der Waals surface area contributed by atoms with Crippen molar-refractivity contribution in [3.8, 4) is 11.3 Å². The second-order valence-corrected chi connectivity index (χ2v) is 3.64. The lowest BCUT2D eigenvalue weighted by atomic mass is 10.1. The van der Waals surface area contributed by atoms with Crippen LogP contribution in [0, 0.1) is 5.82 Å². The maximum absolute atomic E-state index is 13.4. The van der Waals surface area contributed by atoms with Gasteiger partial charge in [0.15, 0.2) is 0 Å². The summed E-state index contributed by atoms with van der Waals surface area (Å²) >= 11 is 3.25. The fourth-order valence-corrected chi connectivity index (χ4v) is 1.57. The number of nitrogens with zero attached hydrogens (tertiary/aromatic N) is 1. The molecule has 2 rings (SSSR count). The summed E-state index contributed by atoms with van der Waals surface area (Å²) in [6.07, 6.45) is 0. The molecule has 3 heteroatoms. The predicted octanol–water partition coefficient (Wildman–Crippen LogP) is 3.65. The molecule has 0 aliphatic rings. The van der Waals surface area contributed by atoms with Gasteiger partial charge in [0.1, 0.15) is 10.4 Å². The quantitative estimate of drug-likeness (QED) is 0.706. The van der Waals surface area contributed by atoms with Gasteiger partial charge in [0, 0.05) is 5.56 Å². The molecular weight excluding hydrogens is 245 g/mol. The van der Waals surface area contributed by atoms with Crippen LogP contribution >= 0.6 is 15.9 Å². The van der Waals surface area contributed by atoms with Gasteiger partial charge in [-0.1, -0.05) is 18.2 Å². The molecule has 0 spiro atoms. The third-order valence-corrected chi connectivity index (χ3v) is 2.31. The molecule has 0 amide bonds. The molecule has 0 aliphatic carbocycles. The molecule has 0 aliphatic heterocycles. The van der Waals surface area contributed by atoms with E-state index in [0.29, 0.717) is 15.9 Å². The first-order chi connectivity index (χ1) is 6.77. The molecule has 0 saturated heterocycles. The highest BCUT2D eigenvalue weighted by molar-refractivity contribution is 9.10. The molecule has 70 valence electrons. The van der Waals surface area contributed by atoms with Crippen LogP contribution in [0.25, 0.3) is 11.3 Å². The topological polar surface area (TPSA) is 12.9 Å². The molecule has 1 heterocycles. The Morgan fingerprint density at radius 1 is 1.00 bits per heavy atom. The number of hydrogen-bond acceptors (Lipinski definition) is 1. The van der Waals surface area contributed by atoms with Crippen LogP contribution in [-0.2, 0) is 0 Å². The lowest BCUT2D eigenvalue weighted by Crippen LogP contribution is -1.87. The highest BCUT2D eigenvalue weighted by atomic mass is 79.9. The number of halogens is 2. The third-order valence-electron chi connectivity index (χ3n) is 1.86. The van der Waals surface area contributed by atoms with Gasteiger partial charge in [0.05, 0.1) is 5.69 Å². The summed E-state index contributed by atoms with van der Waals surface area (Å²) in [6.45, 7) is 0. The summed E-state index contributed by atoms with van der Waals surface area (Å²) in [5.41, 5.74) is 1.16. The lowest BCUT2D eigenvalue weighted by Gasteiger charge is -2.01. The molecule has 1 aromatic carbocycles. The summed E-state index contributed by atoms with van der Waals surface area (Å²) in [6, 6.07) is 12.0. The molecule has 1 aromatic heterocycles. The minimum Gasteiger partial charge on any atom is -0.241 e. The van der Waals surface area contributed by atoms with E-state index in [2.05, 4.69) is 20.9 Å². The molecule has 0 unspecified atom stereocenters. The van der Waals surface area contributed by atoms with Crippen LogP contribution in [0.5, 0.6) is 0 Å². The summed E-state index contributed by atoms with van der Waals surface area (Å²) in [4.78, 5) is 4.18. The maximum Gasteiger partial charge on any atom is 0.132 e. The Morgan fingerprint density at radius 3 is 2.50 bits per heavy atom. The van der Waals surface area contributed by atoms with Crippen LogP contribution in [-0.4, -0.2) is 4.98 Å². The fraction of sp³-hybridized carbons (Fsp3) is 0. The summed E-state index contributed by atoms with van der Waals surface area (Å²) < 4.78 is 14.1. The van der Waals surface area contributed by atoms with E-state index in [1.807, 2.05) is 12.1 Å². The molecular formula is C11H7BrFN. The van der Waals surface area contributed by atoms with Gasteiger partial charge in [-0.05, 0) is 40.2 Å². The van der Waals surface area contributed by atoms with E-state index >= 15 is 0 Å². The molecule has 14 heavy (non-hydrogen) atoms. The van der Waals surface area contributed by atoms with Crippen molar-refractivity contribution >= 4 is 15.9 Å². The van der Waals surface area contributed by atoms with Crippen LogP contribution in [0.1, 0.15) is 0 Å². The number of rotatable bonds is 1. The first-order valence-electron chi connectivity index (χ1n) is 4.15. The third kappa shape index (κ3) is 1.82. The summed E-state index contributed by atoms with van der Waals surface area (Å²) in [5, 5.41) is 0. The van der Waals surface area contributed by atoms with Gasteiger partial charge in [0.25, 0.3) is 0 Å². The van der Waals surface area contributed by atoms with E-state index in [0.717, 1.165) is 0 Å². The minimum absolute atomic E-state index is 0.252. The van der Waals surface area contributed by atoms with Gasteiger partial charge < -0.3 is 0 Å². The van der Waals surface area contributed by atoms with Crippen molar-refractivity contribution in [1.29, 1.82) is 0 Å². The van der Waals surface area contributed by atoms with Crippen LogP contribution in [0.15, 0.2) is 47.1 Å². The number of hydrogen-bond donors (Lipinski definition) is 0. The number of aromatic nitrogens is 1. The van der Waals surface area contributed by atoms with Crippen molar-refractivity contribution in [3.63, 3.8) is 0 Å². The zero-order valence-electron chi connectivity index (χ0n) is 7.24. The van der Waals surface area contributed by atoms with E-state index in [1.54, 1.807) is 24.3 Å². The highest BCUT2D eigenvalue weighted by Gasteiger charge is 2.04. The predicted molar refractivity (Wildman–Crippen MR) is 57.3 cm³/mol. The monoisotopic (exact) mass is 251 g/mol. The first-order valence-corrected chi connectivity index (χ1v) is 4.94. The van der Waals surface area contributed by atoms with Gasteiger partial charge in [-0.2, -0.15) is 0 Å². The highest BCUT2D eigenvalue weighted by Crippen LogP contribution is 2.21. The van der Waals surface area contributed by atoms with Crippen molar-refractivity contribution in [3.05, 3.63) is 52.9 Å². The normalized spacial score (nSPS) is 10.1. The van der Waals surface area contributed by atoms with Gasteiger partial charge in [0.2, 0.25) is 0 Å². The SMILES string of the molecule is Fc1ccccc1-c1cccc(Br)n1. The summed E-state index contributed by atoms with van der Waals surface area (Å²) in [5.74, 6) is -0.252. The maximum atomic E-state index is 13.4. The molecule has 0 N–H and O–H groups in total. The minimum atomic E-state index is -0.252. The van der Waals surface area contributed by atoms with E-state index in [1.165, 1.54) is 6.07 Å². The van der Waals surface area contributed by atoms with E-state index in [9.17, 15) is 4.39 Å². The Balaban J connectivity index is 2.55. The first kappa shape index (κ1) is 9.34. The molecule has 0 atom stereocenters. The van der Waals surface area contributed by atoms with E-state index < -0.39 is 0 Å². The second kappa shape index (κ2) is 3.88. The largest absolute Gasteiger partial charge is 0.241 e. The van der Waals surface area contributed by atoms with Crippen molar-refractivity contribution in [2.45, 2.75) is 0 Å². The van der Waals surface area contributed by atoms with Crippen molar-refractivity contribution < 1.29 is 4.39 Å². The lowest BCUT2D eigenvalue weighted by molar-refractivity contribution is 0.630. The zero-order valence-corrected chi connectivity index (χ0v) is 8.83. The van der Waals surface area contributed by atoms with Crippen molar-refractivity contribution in [2.75, 3.05) is 0 Å². The average Bonchev–Trinajstić information content (AvgIpc) is 2.18. The van der Waals surface area contributed by atoms with Crippen molar-refractivity contribution in [1.82, 2.24) is 4.98 Å². The smallest absolute Gasteiger partial charge is 0.132 e. The molecule has 0 radical (unpaired) electrons. The second-order valence-electron chi connectivity index (χ2n) is 2.83. The van der Waals surface area contributed by atoms with Crippen molar-refractivity contribution in [2.24, 2.45) is 0 Å². The number of pyridine rings is 1. The van der Waals surface area contributed by atoms with Gasteiger partial charge >= 0.3 is 0 Å². The average molecular weight is 252 g/mol. The number of benzene rings is 1. The van der Waals surface area contributed by atoms with Gasteiger partial charge in [-0.3, -0.25) is 0 Å². The molecule has 1 nitrogen and oxygen atoms in total. The Labute approximate surface area is 89.7 Å². The summed E-state index contributed by atoms with van der Waals surface area (Å²) in [7, 11) is 0. The molecule has 0 bridgehead atoms. The van der Waals surface area contributed by atoms with Crippen LogP contribution in [0.2, 0.25) is 0 Å². The van der Waals surface area contributed by atoms with E-state index in [-0.39, 0.29) is 5.82 Å². The van der Waals surface area contributed by atoms with Crippen LogP contribution < -0.4 is 0 Å². The Hall–Kier alpha value is -1.22. The Morgan fingerprint density at radius 2 is 1.79 bits per heavy atom. The van der Waals surface area contributed by atoms with Gasteiger partial charge in [-0.25, -0.2) is 9.37 Å². The zero-order chi connectivity index (χ0) is 9.97. The molecule has 2 aromatic rings. The van der Waals surface area contributed by atoms with E-state index in [4.69, 9.17) is 0 Å². The molecule has 0 fully saturated rings. The fourth-order valence-electron chi connectivity index (χ4n) is 1.23.